The first-order chi connectivity index (χ1) is 8.99. The van der Waals surface area contributed by atoms with Crippen molar-refractivity contribution in [2.24, 2.45) is 10.1 Å². The highest BCUT2D eigenvalue weighted by Gasteiger charge is 2.13. The van der Waals surface area contributed by atoms with Gasteiger partial charge < -0.3 is 11.5 Å². The van der Waals surface area contributed by atoms with Crippen LogP contribution in [0.15, 0.2) is 58.1 Å². The molecule has 2 aromatic rings. The van der Waals surface area contributed by atoms with E-state index >= 15 is 0 Å². The van der Waals surface area contributed by atoms with E-state index in [-0.39, 0.29) is 10.7 Å². The van der Waals surface area contributed by atoms with E-state index in [2.05, 4.69) is 9.38 Å². The van der Waals surface area contributed by atoms with E-state index in [0.29, 0.717) is 11.3 Å². The van der Waals surface area contributed by atoms with Crippen LogP contribution in [0.2, 0.25) is 0 Å². The van der Waals surface area contributed by atoms with Crippen LogP contribution in [0.25, 0.3) is 0 Å². The second kappa shape index (κ2) is 5.07. The highest BCUT2D eigenvalue weighted by atomic mass is 32.2. The molecule has 0 atom stereocenters. The lowest BCUT2D eigenvalue weighted by atomic mass is 10.2. The number of nitrogens with two attached hydrogens (primary N) is 2. The number of hydrogen-bond donors (Lipinski definition) is 2. The molecule has 19 heavy (non-hydrogen) atoms. The summed E-state index contributed by atoms with van der Waals surface area (Å²) in [4.78, 5) is 3.86. The summed E-state index contributed by atoms with van der Waals surface area (Å²) in [5, 5.41) is 0. The number of rotatable bonds is 3. The summed E-state index contributed by atoms with van der Waals surface area (Å²) in [6.45, 7) is 0. The topological polar surface area (TPSA) is 111 Å². The molecular formula is C12H12N4O2S. The summed E-state index contributed by atoms with van der Waals surface area (Å²) in [6.07, 6.45) is 3.01. The van der Waals surface area contributed by atoms with E-state index in [0.717, 1.165) is 0 Å². The molecule has 7 heteroatoms. The lowest BCUT2D eigenvalue weighted by Gasteiger charge is -2.02. The molecule has 0 aliphatic rings. The second-order valence-corrected chi connectivity index (χ2v) is 5.36. The summed E-state index contributed by atoms with van der Waals surface area (Å²) in [5.41, 5.74) is 12.1. The summed E-state index contributed by atoms with van der Waals surface area (Å²) in [6, 6.07) is 8.91. The van der Waals surface area contributed by atoms with Gasteiger partial charge in [0.25, 0.3) is 10.0 Å². The van der Waals surface area contributed by atoms with Gasteiger partial charge in [0.05, 0.1) is 4.90 Å². The van der Waals surface area contributed by atoms with Crippen molar-refractivity contribution >= 4 is 21.5 Å². The van der Waals surface area contributed by atoms with Gasteiger partial charge in [0.2, 0.25) is 0 Å². The third-order valence-corrected chi connectivity index (χ3v) is 3.68. The maximum atomic E-state index is 12.0. The number of sulfonamides is 1. The van der Waals surface area contributed by atoms with Gasteiger partial charge in [0, 0.05) is 23.6 Å². The molecule has 0 spiro atoms. The molecule has 6 nitrogen and oxygen atoms in total. The Morgan fingerprint density at radius 1 is 1.05 bits per heavy atom. The Hall–Kier alpha value is -2.41. The van der Waals surface area contributed by atoms with E-state index < -0.39 is 10.0 Å². The van der Waals surface area contributed by atoms with Crippen LogP contribution in [0.4, 0.5) is 5.69 Å². The number of aromatic nitrogens is 1. The highest BCUT2D eigenvalue weighted by molar-refractivity contribution is 7.90. The van der Waals surface area contributed by atoms with Crippen LogP contribution < -0.4 is 11.5 Å². The molecule has 0 radical (unpaired) electrons. The van der Waals surface area contributed by atoms with E-state index in [1.807, 2.05) is 0 Å². The molecule has 98 valence electrons. The normalized spacial score (nSPS) is 12.3. The van der Waals surface area contributed by atoms with Crippen LogP contribution in [0.5, 0.6) is 0 Å². The first-order valence-corrected chi connectivity index (χ1v) is 6.79. The molecule has 1 heterocycles. The molecular weight excluding hydrogens is 264 g/mol. The molecule has 0 unspecified atom stereocenters. The number of hydrogen-bond acceptors (Lipinski definition) is 4. The molecule has 1 aromatic heterocycles. The minimum absolute atomic E-state index is 0.0405. The fourth-order valence-corrected chi connectivity index (χ4v) is 2.35. The van der Waals surface area contributed by atoms with Gasteiger partial charge in [0.1, 0.15) is 5.84 Å². The predicted molar refractivity (Wildman–Crippen MR) is 73.0 cm³/mol. The van der Waals surface area contributed by atoms with Gasteiger partial charge in [-0.3, -0.25) is 4.98 Å². The van der Waals surface area contributed by atoms with Gasteiger partial charge in [-0.25, -0.2) is 0 Å². The summed E-state index contributed by atoms with van der Waals surface area (Å²) in [5.74, 6) is -0.0841. The predicted octanol–water partition coefficient (Wildman–Crippen LogP) is 0.758. The number of amidine groups is 1. The molecule has 4 N–H and O–H groups in total. The zero-order chi connectivity index (χ0) is 13.9. The summed E-state index contributed by atoms with van der Waals surface area (Å²) in [7, 11) is -3.84. The SMILES string of the molecule is N/C(=N\S(=O)(=O)c1ccc(N)cc1)c1ccncc1. The summed E-state index contributed by atoms with van der Waals surface area (Å²) >= 11 is 0. The van der Waals surface area contributed by atoms with Crippen molar-refractivity contribution in [1.29, 1.82) is 0 Å². The third-order valence-electron chi connectivity index (χ3n) is 2.37. The zero-order valence-electron chi connectivity index (χ0n) is 9.89. The average molecular weight is 276 g/mol. The van der Waals surface area contributed by atoms with Crippen LogP contribution in [-0.4, -0.2) is 19.2 Å². The van der Waals surface area contributed by atoms with Crippen LogP contribution >= 0.6 is 0 Å². The Labute approximate surface area is 110 Å². The standard InChI is InChI=1S/C12H12N4O2S/c13-10-1-3-11(4-2-10)19(17,18)16-12(14)9-5-7-15-8-6-9/h1-8H,13H2,(H2,14,16). The van der Waals surface area contributed by atoms with Gasteiger partial charge >= 0.3 is 0 Å². The van der Waals surface area contributed by atoms with Crippen molar-refractivity contribution in [3.05, 3.63) is 54.4 Å². The largest absolute Gasteiger partial charge is 0.399 e. The maximum Gasteiger partial charge on any atom is 0.284 e. The van der Waals surface area contributed by atoms with Crippen LogP contribution in [0.1, 0.15) is 5.56 Å². The van der Waals surface area contributed by atoms with Gasteiger partial charge in [-0.05, 0) is 36.4 Å². The van der Waals surface area contributed by atoms with Crippen molar-refractivity contribution in [2.45, 2.75) is 4.90 Å². The number of anilines is 1. The quantitative estimate of drug-likeness (QED) is 0.488. The monoisotopic (exact) mass is 276 g/mol. The van der Waals surface area contributed by atoms with Gasteiger partial charge in [-0.1, -0.05) is 0 Å². The number of pyridine rings is 1. The van der Waals surface area contributed by atoms with Gasteiger partial charge in [0.15, 0.2) is 0 Å². The zero-order valence-corrected chi connectivity index (χ0v) is 10.7. The average Bonchev–Trinajstić information content (AvgIpc) is 2.40. The van der Waals surface area contributed by atoms with E-state index in [4.69, 9.17) is 11.5 Å². The molecule has 0 fully saturated rings. The Morgan fingerprint density at radius 3 is 2.21 bits per heavy atom. The molecule has 0 aliphatic carbocycles. The van der Waals surface area contributed by atoms with Gasteiger partial charge in [-0.2, -0.15) is 8.42 Å². The Bertz CT molecular complexity index is 694. The van der Waals surface area contributed by atoms with E-state index in [9.17, 15) is 8.42 Å². The van der Waals surface area contributed by atoms with Crippen molar-refractivity contribution in [3.63, 3.8) is 0 Å². The fourth-order valence-electron chi connectivity index (χ4n) is 1.40. The number of nitrogen functional groups attached to an aromatic ring is 1. The second-order valence-electron chi connectivity index (χ2n) is 3.76. The molecule has 0 saturated carbocycles. The van der Waals surface area contributed by atoms with Crippen molar-refractivity contribution in [2.75, 3.05) is 5.73 Å². The molecule has 1 aromatic carbocycles. The number of nitrogens with zero attached hydrogens (tertiary/aromatic N) is 2. The minimum atomic E-state index is -3.84. The number of benzene rings is 1. The fraction of sp³-hybridized carbons (Fsp3) is 0. The molecule has 0 bridgehead atoms. The molecule has 0 saturated heterocycles. The minimum Gasteiger partial charge on any atom is -0.399 e. The van der Waals surface area contributed by atoms with Crippen LogP contribution in [-0.2, 0) is 10.0 Å². The van der Waals surface area contributed by atoms with Crippen molar-refractivity contribution < 1.29 is 8.42 Å². The van der Waals surface area contributed by atoms with E-state index in [1.165, 1.54) is 36.7 Å². The Morgan fingerprint density at radius 2 is 1.63 bits per heavy atom. The third kappa shape index (κ3) is 3.08. The van der Waals surface area contributed by atoms with E-state index in [1.54, 1.807) is 12.1 Å². The smallest absolute Gasteiger partial charge is 0.284 e. The first-order valence-electron chi connectivity index (χ1n) is 5.35. The molecule has 2 rings (SSSR count). The summed E-state index contributed by atoms with van der Waals surface area (Å²) < 4.78 is 27.6. The molecule has 0 aliphatic heterocycles. The highest BCUT2D eigenvalue weighted by Crippen LogP contribution is 2.14. The lowest BCUT2D eigenvalue weighted by molar-refractivity contribution is 0.598. The van der Waals surface area contributed by atoms with Gasteiger partial charge in [-0.15, -0.1) is 4.40 Å². The van der Waals surface area contributed by atoms with Crippen molar-refractivity contribution in [1.82, 2.24) is 4.98 Å². The Balaban J connectivity index is 2.39. The van der Waals surface area contributed by atoms with Crippen LogP contribution in [0, 0.1) is 0 Å². The first kappa shape index (κ1) is 13.0. The van der Waals surface area contributed by atoms with Crippen molar-refractivity contribution in [3.8, 4) is 0 Å². The molecule has 0 amide bonds. The maximum absolute atomic E-state index is 12.0. The van der Waals surface area contributed by atoms with Crippen LogP contribution in [0.3, 0.4) is 0 Å². The lowest BCUT2D eigenvalue weighted by Crippen LogP contribution is -2.16. The Kier molecular flexibility index (Phi) is 3.48.